The molecule has 3 nitrogen and oxygen atoms in total. The molecule has 3 rings (SSSR count). The van der Waals surface area contributed by atoms with Crippen LogP contribution in [0.3, 0.4) is 0 Å². The van der Waals surface area contributed by atoms with E-state index in [1.165, 1.54) is 11.1 Å². The van der Waals surface area contributed by atoms with Gasteiger partial charge < -0.3 is 10.3 Å². The van der Waals surface area contributed by atoms with Crippen molar-refractivity contribution in [2.45, 2.75) is 20.3 Å². The van der Waals surface area contributed by atoms with E-state index in [0.29, 0.717) is 0 Å². The van der Waals surface area contributed by atoms with Crippen molar-refractivity contribution in [1.29, 1.82) is 0 Å². The summed E-state index contributed by atoms with van der Waals surface area (Å²) in [6.45, 7) is 4.28. The normalized spacial score (nSPS) is 10.8. The van der Waals surface area contributed by atoms with E-state index in [1.54, 1.807) is 0 Å². The van der Waals surface area contributed by atoms with Crippen LogP contribution in [0.1, 0.15) is 18.1 Å². The fraction of sp³-hybridized carbons (Fsp3) is 0.188. The minimum absolute atomic E-state index is 0.796. The first kappa shape index (κ1) is 11.8. The largest absolute Gasteiger partial charge is 0.325 e. The van der Waals surface area contributed by atoms with Crippen LogP contribution < -0.4 is 5.32 Å². The number of aryl methyl sites for hydroxylation is 2. The fourth-order valence-electron chi connectivity index (χ4n) is 2.33. The van der Waals surface area contributed by atoms with Crippen LogP contribution in [0.4, 0.5) is 11.6 Å². The molecule has 0 atom stereocenters. The molecule has 3 aromatic rings. The maximum Gasteiger partial charge on any atom is 0.205 e. The zero-order chi connectivity index (χ0) is 13.2. The van der Waals surface area contributed by atoms with Gasteiger partial charge in [-0.25, -0.2) is 4.98 Å². The number of nitrogens with zero attached hydrogens (tertiary/aromatic N) is 1. The average Bonchev–Trinajstić information content (AvgIpc) is 2.83. The molecule has 0 bridgehead atoms. The molecule has 0 amide bonds. The average molecular weight is 251 g/mol. The molecule has 0 aliphatic carbocycles. The number of H-pyrrole nitrogens is 1. The third-order valence-electron chi connectivity index (χ3n) is 3.37. The maximum atomic E-state index is 4.56. The molecule has 2 N–H and O–H groups in total. The van der Waals surface area contributed by atoms with Gasteiger partial charge in [-0.2, -0.15) is 0 Å². The molecule has 0 aliphatic heterocycles. The minimum Gasteiger partial charge on any atom is -0.325 e. The van der Waals surface area contributed by atoms with Gasteiger partial charge in [-0.05, 0) is 36.6 Å². The highest BCUT2D eigenvalue weighted by atomic mass is 15.1. The summed E-state index contributed by atoms with van der Waals surface area (Å²) in [5, 5.41) is 3.41. The zero-order valence-electron chi connectivity index (χ0n) is 11.2. The van der Waals surface area contributed by atoms with Crippen molar-refractivity contribution in [1.82, 2.24) is 9.97 Å². The van der Waals surface area contributed by atoms with Gasteiger partial charge in [0.25, 0.3) is 0 Å². The van der Waals surface area contributed by atoms with Crippen LogP contribution in [0.15, 0.2) is 42.5 Å². The number of anilines is 2. The summed E-state index contributed by atoms with van der Waals surface area (Å²) in [5.41, 5.74) is 5.73. The number of benzene rings is 2. The molecule has 0 radical (unpaired) electrons. The monoisotopic (exact) mass is 251 g/mol. The number of aromatic amines is 1. The van der Waals surface area contributed by atoms with Gasteiger partial charge in [0.1, 0.15) is 0 Å². The molecule has 2 aromatic carbocycles. The number of para-hydroxylation sites is 3. The van der Waals surface area contributed by atoms with E-state index < -0.39 is 0 Å². The summed E-state index contributed by atoms with van der Waals surface area (Å²) < 4.78 is 0. The fourth-order valence-corrected chi connectivity index (χ4v) is 2.33. The number of hydrogen-bond donors (Lipinski definition) is 2. The lowest BCUT2D eigenvalue weighted by molar-refractivity contribution is 1.13. The summed E-state index contributed by atoms with van der Waals surface area (Å²) in [6.07, 6.45) is 1.00. The van der Waals surface area contributed by atoms with E-state index in [0.717, 1.165) is 29.1 Å². The van der Waals surface area contributed by atoms with E-state index >= 15 is 0 Å². The van der Waals surface area contributed by atoms with Crippen LogP contribution in [0, 0.1) is 6.92 Å². The molecule has 19 heavy (non-hydrogen) atoms. The standard InChI is InChI=1S/C16H17N3/c1-3-12-8-6-7-11(2)15(12)19-16-17-13-9-4-5-10-14(13)18-16/h4-10H,3H2,1-2H3,(H2,17,18,19). The van der Waals surface area contributed by atoms with E-state index in [4.69, 9.17) is 0 Å². The van der Waals surface area contributed by atoms with E-state index in [2.05, 4.69) is 47.3 Å². The summed E-state index contributed by atoms with van der Waals surface area (Å²) in [6, 6.07) is 14.4. The highest BCUT2D eigenvalue weighted by Crippen LogP contribution is 2.25. The number of hydrogen-bond acceptors (Lipinski definition) is 2. The molecular formula is C16H17N3. The lowest BCUT2D eigenvalue weighted by Gasteiger charge is -2.11. The van der Waals surface area contributed by atoms with E-state index in [-0.39, 0.29) is 0 Å². The summed E-state index contributed by atoms with van der Waals surface area (Å²) in [5.74, 6) is 0.796. The predicted octanol–water partition coefficient (Wildman–Crippen LogP) is 4.18. The van der Waals surface area contributed by atoms with Gasteiger partial charge in [-0.1, -0.05) is 37.3 Å². The number of fused-ring (bicyclic) bond motifs is 1. The second-order valence-corrected chi connectivity index (χ2v) is 4.69. The molecule has 0 saturated carbocycles. The molecule has 0 fully saturated rings. The van der Waals surface area contributed by atoms with E-state index in [9.17, 15) is 0 Å². The van der Waals surface area contributed by atoms with Crippen molar-refractivity contribution in [2.75, 3.05) is 5.32 Å². The zero-order valence-corrected chi connectivity index (χ0v) is 11.2. The Balaban J connectivity index is 2.01. The second-order valence-electron chi connectivity index (χ2n) is 4.69. The number of imidazole rings is 1. The van der Waals surface area contributed by atoms with Gasteiger partial charge in [0, 0.05) is 5.69 Å². The molecule has 0 aliphatic rings. The van der Waals surface area contributed by atoms with Crippen LogP contribution in [-0.4, -0.2) is 9.97 Å². The molecular weight excluding hydrogens is 234 g/mol. The Labute approximate surface area is 112 Å². The molecule has 1 heterocycles. The molecule has 96 valence electrons. The lowest BCUT2D eigenvalue weighted by atomic mass is 10.1. The van der Waals surface area contributed by atoms with Crippen molar-refractivity contribution in [3.8, 4) is 0 Å². The van der Waals surface area contributed by atoms with Gasteiger partial charge in [-0.3, -0.25) is 0 Å². The Kier molecular flexibility index (Phi) is 2.95. The first-order valence-electron chi connectivity index (χ1n) is 6.58. The number of aromatic nitrogens is 2. The predicted molar refractivity (Wildman–Crippen MR) is 79.9 cm³/mol. The van der Waals surface area contributed by atoms with Crippen molar-refractivity contribution in [2.24, 2.45) is 0 Å². The van der Waals surface area contributed by atoms with Gasteiger partial charge in [-0.15, -0.1) is 0 Å². The maximum absolute atomic E-state index is 4.56. The number of nitrogens with one attached hydrogen (secondary N) is 2. The van der Waals surface area contributed by atoms with Gasteiger partial charge in [0.2, 0.25) is 5.95 Å². The smallest absolute Gasteiger partial charge is 0.205 e. The van der Waals surface area contributed by atoms with Crippen LogP contribution in [0.5, 0.6) is 0 Å². The van der Waals surface area contributed by atoms with Crippen LogP contribution in [-0.2, 0) is 6.42 Å². The Morgan fingerprint density at radius 1 is 1.11 bits per heavy atom. The summed E-state index contributed by atoms with van der Waals surface area (Å²) in [4.78, 5) is 7.86. The molecule has 0 saturated heterocycles. The lowest BCUT2D eigenvalue weighted by Crippen LogP contribution is -1.99. The molecule has 0 unspecified atom stereocenters. The van der Waals surface area contributed by atoms with Crippen LogP contribution in [0.2, 0.25) is 0 Å². The van der Waals surface area contributed by atoms with Gasteiger partial charge in [0.15, 0.2) is 0 Å². The third-order valence-corrected chi connectivity index (χ3v) is 3.37. The Morgan fingerprint density at radius 2 is 1.95 bits per heavy atom. The summed E-state index contributed by atoms with van der Waals surface area (Å²) in [7, 11) is 0. The van der Waals surface area contributed by atoms with Crippen molar-refractivity contribution < 1.29 is 0 Å². The first-order chi connectivity index (χ1) is 9.28. The first-order valence-corrected chi connectivity index (χ1v) is 6.58. The van der Waals surface area contributed by atoms with Crippen molar-refractivity contribution in [3.63, 3.8) is 0 Å². The minimum atomic E-state index is 0.796. The van der Waals surface area contributed by atoms with E-state index in [1.807, 2.05) is 24.3 Å². The van der Waals surface area contributed by atoms with Gasteiger partial charge >= 0.3 is 0 Å². The van der Waals surface area contributed by atoms with Crippen molar-refractivity contribution in [3.05, 3.63) is 53.6 Å². The SMILES string of the molecule is CCc1cccc(C)c1Nc1nc2ccccc2[nH]1. The highest BCUT2D eigenvalue weighted by molar-refractivity contribution is 5.78. The summed E-state index contributed by atoms with van der Waals surface area (Å²) >= 11 is 0. The second kappa shape index (κ2) is 4.76. The Morgan fingerprint density at radius 3 is 2.74 bits per heavy atom. The van der Waals surface area contributed by atoms with Crippen LogP contribution in [0.25, 0.3) is 11.0 Å². The van der Waals surface area contributed by atoms with Crippen LogP contribution >= 0.6 is 0 Å². The molecule has 1 aromatic heterocycles. The highest BCUT2D eigenvalue weighted by Gasteiger charge is 2.07. The number of rotatable bonds is 3. The third kappa shape index (κ3) is 2.19. The Bertz CT molecular complexity index is 680. The van der Waals surface area contributed by atoms with Crippen molar-refractivity contribution >= 4 is 22.7 Å². The molecule has 0 spiro atoms. The van der Waals surface area contributed by atoms with Gasteiger partial charge in [0.05, 0.1) is 11.0 Å². The molecule has 3 heteroatoms. The quantitative estimate of drug-likeness (QED) is 0.733. The Hall–Kier alpha value is -2.29. The topological polar surface area (TPSA) is 40.7 Å².